The zero-order chi connectivity index (χ0) is 36.9. The third-order valence-corrected chi connectivity index (χ3v) is 9.06. The number of nitrogens with one attached hydrogen (secondary N) is 3. The fourth-order valence-corrected chi connectivity index (χ4v) is 6.09. The van der Waals surface area contributed by atoms with Gasteiger partial charge >= 0.3 is 59.1 Å². The minimum absolute atomic E-state index is 0. The summed E-state index contributed by atoms with van der Waals surface area (Å²) in [6, 6.07) is 25.0. The number of rotatable bonds is 10. The molecule has 0 radical (unpaired) electrons. The van der Waals surface area contributed by atoms with Gasteiger partial charge in [0.05, 0.1) is 9.79 Å². The molecule has 0 spiro atoms. The summed E-state index contributed by atoms with van der Waals surface area (Å²) in [6.07, 6.45) is 2.23. The van der Waals surface area contributed by atoms with Gasteiger partial charge in [0.1, 0.15) is 20.2 Å². The standard InChI is InChI=1S/C35H29N5O9S2.2Na/c36-26-11-3-23(4-12-26)33(41)38-28-15-9-25(10-16-28)35(43)40-30-18-8-22(32(20-30)51(47,48)49)2-1-21-7-17-29(19-31(21)50(44,45)46)39-34(42)24-5-13-27(37)14-6-24;;/h1-20H,36-37H2,(H,38,41)(H,39,42)(H,40,43)(H,44,45,46)(H,47,48,49);;/q;2*+1/p-2/b2-1+;;. The molecule has 0 unspecified atom stereocenters. The second kappa shape index (κ2) is 18.1. The van der Waals surface area contributed by atoms with Crippen molar-refractivity contribution in [3.8, 4) is 0 Å². The van der Waals surface area contributed by atoms with Crippen molar-refractivity contribution in [2.75, 3.05) is 27.4 Å². The topological polar surface area (TPSA) is 254 Å². The first-order chi connectivity index (χ1) is 24.1. The number of benzene rings is 5. The van der Waals surface area contributed by atoms with Crippen molar-refractivity contribution in [1.82, 2.24) is 0 Å². The monoisotopic (exact) mass is 771 g/mol. The first kappa shape index (κ1) is 43.1. The summed E-state index contributed by atoms with van der Waals surface area (Å²) in [7, 11) is -10.2. The summed E-state index contributed by atoms with van der Waals surface area (Å²) >= 11 is 0. The van der Waals surface area contributed by atoms with Crippen molar-refractivity contribution in [2.45, 2.75) is 9.79 Å². The van der Waals surface area contributed by atoms with Crippen LogP contribution in [-0.2, 0) is 20.2 Å². The molecule has 0 saturated heterocycles. The van der Waals surface area contributed by atoms with Crippen LogP contribution in [0.25, 0.3) is 12.2 Å². The van der Waals surface area contributed by atoms with E-state index in [2.05, 4.69) is 16.0 Å². The van der Waals surface area contributed by atoms with E-state index in [0.29, 0.717) is 22.6 Å². The Labute approximate surface area is 349 Å². The second-order valence-corrected chi connectivity index (χ2v) is 13.6. The van der Waals surface area contributed by atoms with Crippen LogP contribution in [0.15, 0.2) is 119 Å². The molecule has 3 amide bonds. The van der Waals surface area contributed by atoms with Crippen LogP contribution in [0.5, 0.6) is 0 Å². The molecule has 0 heterocycles. The summed E-state index contributed by atoms with van der Waals surface area (Å²) in [4.78, 5) is 36.5. The molecular weight excluding hydrogens is 745 g/mol. The quantitative estimate of drug-likeness (QED) is 0.0478. The molecule has 0 fully saturated rings. The Hall–Kier alpha value is -4.33. The predicted molar refractivity (Wildman–Crippen MR) is 190 cm³/mol. The molecule has 0 saturated carbocycles. The first-order valence-electron chi connectivity index (χ1n) is 14.7. The molecular formula is C35H27N5Na2O9S2. The molecule has 5 aromatic rings. The molecule has 260 valence electrons. The van der Waals surface area contributed by atoms with E-state index in [0.717, 1.165) is 24.3 Å². The molecule has 5 aromatic carbocycles. The van der Waals surface area contributed by atoms with E-state index in [1.165, 1.54) is 72.8 Å². The minimum atomic E-state index is -5.13. The molecule has 53 heavy (non-hydrogen) atoms. The average Bonchev–Trinajstić information content (AvgIpc) is 3.08. The average molecular weight is 772 g/mol. The van der Waals surface area contributed by atoms with Crippen molar-refractivity contribution in [3.05, 3.63) is 137 Å². The van der Waals surface area contributed by atoms with Crippen molar-refractivity contribution in [1.29, 1.82) is 0 Å². The van der Waals surface area contributed by atoms with E-state index < -0.39 is 47.7 Å². The Balaban J connectivity index is 0.00000378. The molecule has 0 aliphatic carbocycles. The molecule has 0 bridgehead atoms. The van der Waals surface area contributed by atoms with Gasteiger partial charge in [-0.25, -0.2) is 16.8 Å². The van der Waals surface area contributed by atoms with Gasteiger partial charge in [-0.2, -0.15) is 0 Å². The Bertz CT molecular complexity index is 2410. The van der Waals surface area contributed by atoms with Gasteiger partial charge in [-0.3, -0.25) is 14.4 Å². The van der Waals surface area contributed by atoms with Crippen LogP contribution < -0.4 is 86.5 Å². The predicted octanol–water partition coefficient (Wildman–Crippen LogP) is -1.41. The SMILES string of the molecule is Nc1ccc(C(=O)Nc2ccc(C(=O)Nc3ccc(/C=C/c4ccc(NC(=O)c5ccc(N)cc5)cc4S(=O)(=O)[O-])c(S(=O)(=O)[O-])c3)cc2)cc1.[Na+].[Na+]. The largest absolute Gasteiger partial charge is 1.00 e. The Morgan fingerprint density at radius 2 is 0.755 bits per heavy atom. The van der Waals surface area contributed by atoms with Crippen LogP contribution in [0.3, 0.4) is 0 Å². The van der Waals surface area contributed by atoms with Crippen LogP contribution in [0.2, 0.25) is 0 Å². The normalized spacial score (nSPS) is 11.1. The third kappa shape index (κ3) is 11.6. The molecule has 0 atom stereocenters. The molecule has 0 aliphatic rings. The Morgan fingerprint density at radius 3 is 1.08 bits per heavy atom. The van der Waals surface area contributed by atoms with Crippen molar-refractivity contribution >= 4 is 78.5 Å². The van der Waals surface area contributed by atoms with Gasteiger partial charge in [0.25, 0.3) is 17.7 Å². The number of hydrogen-bond acceptors (Lipinski definition) is 11. The van der Waals surface area contributed by atoms with Crippen LogP contribution in [-0.4, -0.2) is 43.7 Å². The molecule has 5 rings (SSSR count). The van der Waals surface area contributed by atoms with E-state index in [1.54, 1.807) is 24.3 Å². The summed E-state index contributed by atoms with van der Waals surface area (Å²) in [5.41, 5.74) is 13.0. The first-order valence-corrected chi connectivity index (χ1v) is 17.5. The molecule has 14 nitrogen and oxygen atoms in total. The fourth-order valence-electron chi connectivity index (χ4n) is 4.70. The van der Waals surface area contributed by atoms with Gasteiger partial charge < -0.3 is 36.5 Å². The van der Waals surface area contributed by atoms with Crippen molar-refractivity contribution in [2.24, 2.45) is 0 Å². The van der Waals surface area contributed by atoms with Crippen LogP contribution >= 0.6 is 0 Å². The van der Waals surface area contributed by atoms with E-state index >= 15 is 0 Å². The minimum Gasteiger partial charge on any atom is -0.744 e. The molecule has 18 heteroatoms. The van der Waals surface area contributed by atoms with Crippen molar-refractivity contribution in [3.63, 3.8) is 0 Å². The maximum Gasteiger partial charge on any atom is 1.00 e. The number of hydrogen-bond donors (Lipinski definition) is 5. The van der Waals surface area contributed by atoms with E-state index in [-0.39, 0.29) is 92.7 Å². The number of carbonyl (C=O) groups is 3. The number of carbonyl (C=O) groups excluding carboxylic acids is 3. The van der Waals surface area contributed by atoms with E-state index in [4.69, 9.17) is 11.5 Å². The Kier molecular flexibility index (Phi) is 14.7. The second-order valence-electron chi connectivity index (χ2n) is 10.9. The smallest absolute Gasteiger partial charge is 0.744 e. The van der Waals surface area contributed by atoms with Crippen LogP contribution in [0.4, 0.5) is 28.4 Å². The zero-order valence-corrected chi connectivity index (χ0v) is 33.8. The van der Waals surface area contributed by atoms with Gasteiger partial charge in [0, 0.05) is 45.1 Å². The van der Waals surface area contributed by atoms with Crippen LogP contribution in [0.1, 0.15) is 42.2 Å². The summed E-state index contributed by atoms with van der Waals surface area (Å²) in [6.45, 7) is 0. The zero-order valence-electron chi connectivity index (χ0n) is 28.2. The maximum absolute atomic E-state index is 12.9. The van der Waals surface area contributed by atoms with Gasteiger partial charge in [-0.15, -0.1) is 0 Å². The number of amides is 3. The van der Waals surface area contributed by atoms with E-state index in [9.17, 15) is 40.3 Å². The van der Waals surface area contributed by atoms with Gasteiger partial charge in [-0.05, 0) is 108 Å². The third-order valence-electron chi connectivity index (χ3n) is 7.27. The fraction of sp³-hybridized carbons (Fsp3) is 0. The van der Waals surface area contributed by atoms with Crippen LogP contribution in [0, 0.1) is 0 Å². The maximum atomic E-state index is 12.9. The Morgan fingerprint density at radius 1 is 0.472 bits per heavy atom. The summed E-state index contributed by atoms with van der Waals surface area (Å²) in [5.74, 6) is -1.65. The van der Waals surface area contributed by atoms with Gasteiger partial charge in [0.2, 0.25) is 0 Å². The number of nitrogen functional groups attached to an aromatic ring is 2. The number of anilines is 5. The molecule has 7 N–H and O–H groups in total. The van der Waals surface area contributed by atoms with Gasteiger partial charge in [0.15, 0.2) is 0 Å². The summed E-state index contributed by atoms with van der Waals surface area (Å²) in [5, 5.41) is 7.68. The number of nitrogens with two attached hydrogens (primary N) is 2. The van der Waals surface area contributed by atoms with Gasteiger partial charge in [-0.1, -0.05) is 24.3 Å². The van der Waals surface area contributed by atoms with Crippen molar-refractivity contribution < 1.29 is 99.4 Å². The van der Waals surface area contributed by atoms with E-state index in [1.807, 2.05) is 0 Å². The summed E-state index contributed by atoms with van der Waals surface area (Å²) < 4.78 is 72.9. The molecule has 0 aromatic heterocycles. The molecule has 0 aliphatic heterocycles.